The summed E-state index contributed by atoms with van der Waals surface area (Å²) in [4.78, 5) is 11.1. The van der Waals surface area contributed by atoms with Crippen molar-refractivity contribution < 1.29 is 14.6 Å². The summed E-state index contributed by atoms with van der Waals surface area (Å²) >= 11 is 0. The number of rotatable bonds is 3. The average Bonchev–Trinajstić information content (AvgIpc) is 2.15. The van der Waals surface area contributed by atoms with Crippen LogP contribution >= 0.6 is 0 Å². The van der Waals surface area contributed by atoms with E-state index >= 15 is 0 Å². The lowest BCUT2D eigenvalue weighted by molar-refractivity contribution is -0.194. The Morgan fingerprint density at radius 1 is 1.35 bits per heavy atom. The number of methoxy groups -OCH3 is 1. The molecule has 3 aliphatic rings. The molecule has 0 aromatic heterocycles. The molecule has 2 bridgehead atoms. The molecule has 0 atom stereocenters. The number of aliphatic carboxylic acids is 1. The van der Waals surface area contributed by atoms with Crippen LogP contribution in [0.1, 0.15) is 30.4 Å². The topological polar surface area (TPSA) is 46.5 Å². The zero-order valence-corrected chi connectivity index (χ0v) is 10.1. The van der Waals surface area contributed by atoms with Crippen molar-refractivity contribution in [2.24, 2.45) is 5.41 Å². The Bertz CT molecular complexity index is 484. The first-order valence-corrected chi connectivity index (χ1v) is 5.90. The first-order valence-electron chi connectivity index (χ1n) is 5.90. The van der Waals surface area contributed by atoms with Gasteiger partial charge in [0, 0.05) is 0 Å². The fourth-order valence-corrected chi connectivity index (χ4v) is 3.66. The normalized spacial score (nSPS) is 33.5. The molecule has 3 aliphatic carbocycles. The monoisotopic (exact) mass is 232 g/mol. The fraction of sp³-hybridized carbons (Fsp3) is 0.500. The van der Waals surface area contributed by atoms with Gasteiger partial charge in [0.1, 0.15) is 5.75 Å². The molecule has 3 heteroatoms. The molecule has 1 aromatic rings. The number of ether oxygens (including phenoxy) is 1. The number of carboxylic acids is 1. The van der Waals surface area contributed by atoms with E-state index < -0.39 is 11.4 Å². The average molecular weight is 232 g/mol. The van der Waals surface area contributed by atoms with Crippen molar-refractivity contribution in [3.05, 3.63) is 29.3 Å². The highest BCUT2D eigenvalue weighted by Gasteiger charge is 2.72. The molecule has 0 saturated heterocycles. The SMILES string of the molecule is COc1ccc(C23CC(C(=O)O)(C2)C3)c(C)c1. The molecule has 90 valence electrons. The minimum atomic E-state index is -0.620. The van der Waals surface area contributed by atoms with E-state index in [9.17, 15) is 4.79 Å². The molecule has 0 unspecified atom stereocenters. The Labute approximate surface area is 100 Å². The lowest BCUT2D eigenvalue weighted by Gasteiger charge is -2.68. The fourth-order valence-electron chi connectivity index (χ4n) is 3.66. The van der Waals surface area contributed by atoms with E-state index in [4.69, 9.17) is 9.84 Å². The minimum absolute atomic E-state index is 0.148. The molecule has 0 aliphatic heterocycles. The molecular weight excluding hydrogens is 216 g/mol. The quantitative estimate of drug-likeness (QED) is 0.871. The molecule has 0 spiro atoms. The Kier molecular flexibility index (Phi) is 1.90. The summed E-state index contributed by atoms with van der Waals surface area (Å²) in [6.07, 6.45) is 2.42. The predicted molar refractivity (Wildman–Crippen MR) is 63.3 cm³/mol. The van der Waals surface area contributed by atoms with Crippen LogP contribution in [0.15, 0.2) is 18.2 Å². The van der Waals surface area contributed by atoms with Gasteiger partial charge in [0.05, 0.1) is 12.5 Å². The molecule has 4 rings (SSSR count). The molecule has 0 amide bonds. The highest BCUT2D eigenvalue weighted by Crippen LogP contribution is 2.74. The maximum Gasteiger partial charge on any atom is 0.309 e. The third-order valence-corrected chi connectivity index (χ3v) is 4.49. The second-order valence-corrected chi connectivity index (χ2v) is 5.58. The van der Waals surface area contributed by atoms with Gasteiger partial charge in [-0.3, -0.25) is 4.79 Å². The summed E-state index contributed by atoms with van der Waals surface area (Å²) in [5, 5.41) is 9.12. The number of aryl methyl sites for hydroxylation is 1. The van der Waals surface area contributed by atoms with Crippen molar-refractivity contribution in [2.45, 2.75) is 31.6 Å². The third-order valence-electron chi connectivity index (χ3n) is 4.49. The van der Waals surface area contributed by atoms with Crippen molar-refractivity contribution in [3.63, 3.8) is 0 Å². The summed E-state index contributed by atoms with van der Waals surface area (Å²) in [7, 11) is 1.66. The number of benzene rings is 1. The molecule has 17 heavy (non-hydrogen) atoms. The van der Waals surface area contributed by atoms with E-state index in [1.165, 1.54) is 11.1 Å². The third kappa shape index (κ3) is 1.20. The zero-order chi connectivity index (χ0) is 12.3. The van der Waals surface area contributed by atoms with Crippen LogP contribution in [-0.4, -0.2) is 18.2 Å². The smallest absolute Gasteiger partial charge is 0.309 e. The second kappa shape index (κ2) is 3.03. The van der Waals surface area contributed by atoms with Gasteiger partial charge in [-0.15, -0.1) is 0 Å². The van der Waals surface area contributed by atoms with Crippen molar-refractivity contribution in [3.8, 4) is 5.75 Å². The summed E-state index contributed by atoms with van der Waals surface area (Å²) < 4.78 is 5.19. The van der Waals surface area contributed by atoms with Crippen LogP contribution in [0.2, 0.25) is 0 Å². The van der Waals surface area contributed by atoms with Gasteiger partial charge in [0.25, 0.3) is 0 Å². The first-order chi connectivity index (χ1) is 8.01. The van der Waals surface area contributed by atoms with Crippen molar-refractivity contribution in [2.75, 3.05) is 7.11 Å². The number of carboxylic acid groups (broad SMARTS) is 1. The number of carbonyl (C=O) groups is 1. The van der Waals surface area contributed by atoms with Crippen LogP contribution in [0.4, 0.5) is 0 Å². The Morgan fingerprint density at radius 3 is 2.47 bits per heavy atom. The Hall–Kier alpha value is -1.51. The maximum absolute atomic E-state index is 11.1. The molecule has 0 heterocycles. The van der Waals surface area contributed by atoms with Crippen LogP contribution < -0.4 is 4.74 Å². The molecule has 3 fully saturated rings. The van der Waals surface area contributed by atoms with Gasteiger partial charge in [-0.1, -0.05) is 6.07 Å². The molecular formula is C14H16O3. The predicted octanol–water partition coefficient (Wildman–Crippen LogP) is 2.51. The van der Waals surface area contributed by atoms with E-state index in [1.807, 2.05) is 12.1 Å². The van der Waals surface area contributed by atoms with Gasteiger partial charge in [-0.25, -0.2) is 0 Å². The molecule has 1 N–H and O–H groups in total. The molecule has 0 radical (unpaired) electrons. The van der Waals surface area contributed by atoms with E-state index in [-0.39, 0.29) is 5.41 Å². The largest absolute Gasteiger partial charge is 0.497 e. The van der Waals surface area contributed by atoms with Crippen molar-refractivity contribution in [1.29, 1.82) is 0 Å². The number of hydrogen-bond donors (Lipinski definition) is 1. The summed E-state index contributed by atoms with van der Waals surface area (Å²) in [5.41, 5.74) is 2.27. The van der Waals surface area contributed by atoms with E-state index in [0.29, 0.717) is 0 Å². The van der Waals surface area contributed by atoms with Crippen LogP contribution in [0.3, 0.4) is 0 Å². The van der Waals surface area contributed by atoms with Gasteiger partial charge < -0.3 is 9.84 Å². The van der Waals surface area contributed by atoms with E-state index in [0.717, 1.165) is 25.0 Å². The standard InChI is InChI=1S/C14H16O3/c1-9-5-10(17-2)3-4-11(9)13-6-14(7-13,8-13)12(15)16/h3-5H,6-8H2,1-2H3,(H,15,16). The maximum atomic E-state index is 11.1. The van der Waals surface area contributed by atoms with Gasteiger partial charge in [0.2, 0.25) is 0 Å². The Balaban J connectivity index is 1.87. The highest BCUT2D eigenvalue weighted by molar-refractivity contribution is 5.81. The highest BCUT2D eigenvalue weighted by atomic mass is 16.5. The minimum Gasteiger partial charge on any atom is -0.497 e. The van der Waals surface area contributed by atoms with Gasteiger partial charge in [-0.05, 0) is 54.9 Å². The van der Waals surface area contributed by atoms with Gasteiger partial charge >= 0.3 is 5.97 Å². The summed E-state index contributed by atoms with van der Waals surface area (Å²) in [6.45, 7) is 2.08. The second-order valence-electron chi connectivity index (χ2n) is 5.58. The van der Waals surface area contributed by atoms with Gasteiger partial charge in [-0.2, -0.15) is 0 Å². The summed E-state index contributed by atoms with van der Waals surface area (Å²) in [5.74, 6) is 0.247. The lowest BCUT2D eigenvalue weighted by atomic mass is 9.33. The van der Waals surface area contributed by atoms with Crippen molar-refractivity contribution >= 4 is 5.97 Å². The van der Waals surface area contributed by atoms with Crippen LogP contribution in [0.5, 0.6) is 5.75 Å². The van der Waals surface area contributed by atoms with Crippen LogP contribution in [-0.2, 0) is 10.2 Å². The molecule has 3 nitrogen and oxygen atoms in total. The van der Waals surface area contributed by atoms with Crippen LogP contribution in [0.25, 0.3) is 0 Å². The first kappa shape index (κ1) is 10.6. The molecule has 1 aromatic carbocycles. The van der Waals surface area contributed by atoms with Crippen molar-refractivity contribution in [1.82, 2.24) is 0 Å². The van der Waals surface area contributed by atoms with E-state index in [1.54, 1.807) is 7.11 Å². The number of hydrogen-bond acceptors (Lipinski definition) is 2. The zero-order valence-electron chi connectivity index (χ0n) is 10.1. The molecule has 3 saturated carbocycles. The van der Waals surface area contributed by atoms with E-state index in [2.05, 4.69) is 13.0 Å². The summed E-state index contributed by atoms with van der Waals surface area (Å²) in [6, 6.07) is 6.10. The Morgan fingerprint density at radius 2 is 2.00 bits per heavy atom. The van der Waals surface area contributed by atoms with Gasteiger partial charge in [0.15, 0.2) is 0 Å². The lowest BCUT2D eigenvalue weighted by Crippen LogP contribution is -2.68. The van der Waals surface area contributed by atoms with Crippen LogP contribution in [0, 0.1) is 12.3 Å².